The van der Waals surface area contributed by atoms with Crippen molar-refractivity contribution >= 4 is 33.6 Å². The summed E-state index contributed by atoms with van der Waals surface area (Å²) in [5.41, 5.74) is 3.80. The third kappa shape index (κ3) is 2.58. The molecule has 0 saturated heterocycles. The van der Waals surface area contributed by atoms with Crippen LogP contribution in [0.15, 0.2) is 78.9 Å². The summed E-state index contributed by atoms with van der Waals surface area (Å²) in [5, 5.41) is 15.9. The van der Waals surface area contributed by atoms with Gasteiger partial charge in [-0.2, -0.15) is 0 Å². The molecule has 0 bridgehead atoms. The van der Waals surface area contributed by atoms with Crippen molar-refractivity contribution in [3.63, 3.8) is 0 Å². The molecule has 1 aliphatic heterocycles. The molecule has 6 rings (SSSR count). The average Bonchev–Trinajstić information content (AvgIpc) is 3.35. The van der Waals surface area contributed by atoms with Crippen LogP contribution in [0.1, 0.15) is 17.2 Å². The highest BCUT2D eigenvalue weighted by molar-refractivity contribution is 6.14. The fourth-order valence-corrected chi connectivity index (χ4v) is 5.15. The largest absolute Gasteiger partial charge is 0.388 e. The highest BCUT2D eigenvalue weighted by atomic mass is 16.3. The number of hydrogen-bond acceptors (Lipinski definition) is 2. The molecule has 3 heteroatoms. The Kier molecular flexibility index (Phi) is 3.71. The van der Waals surface area contributed by atoms with Crippen LogP contribution in [0.5, 0.6) is 0 Å². The summed E-state index contributed by atoms with van der Waals surface area (Å²) >= 11 is 0. The quantitative estimate of drug-likeness (QED) is 0.410. The molecule has 0 unspecified atom stereocenters. The van der Waals surface area contributed by atoms with Crippen LogP contribution in [-0.4, -0.2) is 35.2 Å². The second-order valence-corrected chi connectivity index (χ2v) is 8.13. The molecule has 0 fully saturated rings. The van der Waals surface area contributed by atoms with E-state index in [0.717, 1.165) is 19.5 Å². The Balaban J connectivity index is 1.50. The van der Waals surface area contributed by atoms with Crippen LogP contribution < -0.4 is 4.90 Å². The van der Waals surface area contributed by atoms with Crippen molar-refractivity contribution in [2.45, 2.75) is 18.6 Å². The third-order valence-corrected chi connectivity index (χ3v) is 6.44. The molecule has 1 N–H and O–H groups in total. The van der Waals surface area contributed by atoms with Crippen LogP contribution in [-0.2, 0) is 6.42 Å². The van der Waals surface area contributed by atoms with Crippen molar-refractivity contribution < 1.29 is 9.68 Å². The predicted octanol–water partition coefficient (Wildman–Crippen LogP) is 4.51. The van der Waals surface area contributed by atoms with E-state index in [2.05, 4.69) is 94.7 Å². The van der Waals surface area contributed by atoms with E-state index in [-0.39, 0.29) is 12.1 Å². The number of benzene rings is 4. The van der Waals surface area contributed by atoms with E-state index in [9.17, 15) is 5.11 Å². The van der Waals surface area contributed by atoms with E-state index in [0.29, 0.717) is 0 Å². The van der Waals surface area contributed by atoms with Crippen LogP contribution >= 0.6 is 0 Å². The monoisotopic (exact) mass is 379 g/mol. The lowest BCUT2D eigenvalue weighted by Gasteiger charge is -2.15. The summed E-state index contributed by atoms with van der Waals surface area (Å²) in [7, 11) is 0. The zero-order chi connectivity index (χ0) is 19.4. The van der Waals surface area contributed by atoms with Gasteiger partial charge in [0.05, 0.1) is 0 Å². The summed E-state index contributed by atoms with van der Waals surface area (Å²) < 4.78 is 2.33. The molecular formula is C26H23N2O+. The standard InChI is InChI=1S/C26H23N2O/c29-24-16-20-9-3-6-12-23(20)26(24)28-14-13-27(17-28)25-21-10-4-1-7-18(21)15-19-8-2-5-11-22(19)25/h1-12,15,17,24,26,29H,13-14,16H2/q+1/t24-,26-/m0/s1. The van der Waals surface area contributed by atoms with E-state index in [4.69, 9.17) is 0 Å². The van der Waals surface area contributed by atoms with Crippen molar-refractivity contribution in [2.75, 3.05) is 18.0 Å². The fraction of sp³-hybridized carbons (Fsp3) is 0.192. The summed E-state index contributed by atoms with van der Waals surface area (Å²) in [6.45, 7) is 1.83. The average molecular weight is 379 g/mol. The highest BCUT2D eigenvalue weighted by Gasteiger charge is 2.39. The van der Waals surface area contributed by atoms with Gasteiger partial charge in [0, 0.05) is 22.8 Å². The first-order valence-electron chi connectivity index (χ1n) is 10.3. The Morgan fingerprint density at radius 3 is 2.24 bits per heavy atom. The molecule has 0 amide bonds. The maximum atomic E-state index is 10.8. The maximum Gasteiger partial charge on any atom is 0.240 e. The van der Waals surface area contributed by atoms with Crippen molar-refractivity contribution in [3.05, 3.63) is 90.0 Å². The van der Waals surface area contributed by atoms with E-state index >= 15 is 0 Å². The molecule has 0 radical (unpaired) electrons. The van der Waals surface area contributed by atoms with E-state index in [1.165, 1.54) is 38.4 Å². The van der Waals surface area contributed by atoms with Gasteiger partial charge in [-0.3, -0.25) is 4.58 Å². The van der Waals surface area contributed by atoms with Gasteiger partial charge >= 0.3 is 0 Å². The molecule has 0 aromatic heterocycles. The van der Waals surface area contributed by atoms with Crippen molar-refractivity contribution in [2.24, 2.45) is 0 Å². The molecule has 0 spiro atoms. The molecular weight excluding hydrogens is 356 g/mol. The van der Waals surface area contributed by atoms with Gasteiger partial charge in [0.1, 0.15) is 30.9 Å². The second kappa shape index (κ2) is 6.43. The Hall–Kier alpha value is -3.17. The molecule has 4 aromatic carbocycles. The first kappa shape index (κ1) is 16.8. The second-order valence-electron chi connectivity index (χ2n) is 8.13. The lowest BCUT2D eigenvalue weighted by Crippen LogP contribution is -2.26. The number of fused-ring (bicyclic) bond motifs is 3. The van der Waals surface area contributed by atoms with Crippen LogP contribution in [0, 0.1) is 0 Å². The molecule has 1 aliphatic carbocycles. The Morgan fingerprint density at radius 2 is 1.48 bits per heavy atom. The first-order valence-corrected chi connectivity index (χ1v) is 10.3. The zero-order valence-electron chi connectivity index (χ0n) is 16.2. The molecule has 29 heavy (non-hydrogen) atoms. The molecule has 2 aliphatic rings. The zero-order valence-corrected chi connectivity index (χ0v) is 16.2. The van der Waals surface area contributed by atoms with Crippen LogP contribution in [0.25, 0.3) is 21.5 Å². The summed E-state index contributed by atoms with van der Waals surface area (Å²) in [6.07, 6.45) is 2.61. The molecule has 3 nitrogen and oxygen atoms in total. The number of aliphatic hydroxyl groups excluding tert-OH is 1. The maximum absolute atomic E-state index is 10.8. The summed E-state index contributed by atoms with van der Waals surface area (Å²) in [5.74, 6) is 0. The number of rotatable bonds is 2. The van der Waals surface area contributed by atoms with E-state index < -0.39 is 0 Å². The molecule has 4 aromatic rings. The molecule has 2 atom stereocenters. The Labute approximate surface area is 170 Å². The normalized spacial score (nSPS) is 21.0. The Bertz CT molecular complexity index is 1220. The van der Waals surface area contributed by atoms with Gasteiger partial charge < -0.3 is 5.11 Å². The van der Waals surface area contributed by atoms with Crippen molar-refractivity contribution in [1.29, 1.82) is 0 Å². The minimum atomic E-state index is -0.354. The fourth-order valence-electron chi connectivity index (χ4n) is 5.15. The van der Waals surface area contributed by atoms with Gasteiger partial charge in [-0.15, -0.1) is 0 Å². The van der Waals surface area contributed by atoms with E-state index in [1.807, 2.05) is 0 Å². The van der Waals surface area contributed by atoms with Gasteiger partial charge in [0.25, 0.3) is 0 Å². The molecule has 1 heterocycles. The highest BCUT2D eigenvalue weighted by Crippen LogP contribution is 2.38. The summed E-state index contributed by atoms with van der Waals surface area (Å²) in [4.78, 5) is 2.37. The van der Waals surface area contributed by atoms with Crippen LogP contribution in [0.2, 0.25) is 0 Å². The Morgan fingerprint density at radius 1 is 0.828 bits per heavy atom. The predicted molar refractivity (Wildman–Crippen MR) is 119 cm³/mol. The van der Waals surface area contributed by atoms with Crippen LogP contribution in [0.3, 0.4) is 0 Å². The number of anilines is 1. The van der Waals surface area contributed by atoms with Crippen LogP contribution in [0.4, 0.5) is 5.69 Å². The van der Waals surface area contributed by atoms with Gasteiger partial charge in [0.15, 0.2) is 0 Å². The smallest absolute Gasteiger partial charge is 0.240 e. The number of hydrogen-bond donors (Lipinski definition) is 1. The van der Waals surface area contributed by atoms with Gasteiger partial charge in [-0.1, -0.05) is 72.8 Å². The van der Waals surface area contributed by atoms with E-state index in [1.54, 1.807) is 0 Å². The third-order valence-electron chi connectivity index (χ3n) is 6.44. The van der Waals surface area contributed by atoms with Gasteiger partial charge in [-0.25, -0.2) is 4.90 Å². The first-order chi connectivity index (χ1) is 14.3. The van der Waals surface area contributed by atoms with Gasteiger partial charge in [-0.05, 0) is 22.4 Å². The topological polar surface area (TPSA) is 26.5 Å². The SMILES string of the molecule is O[C@H]1Cc2ccccc2[C@@H]1[N+]1=CN(c2c3ccccc3cc3ccccc23)CC1. The van der Waals surface area contributed by atoms with Gasteiger partial charge in [0.2, 0.25) is 6.34 Å². The minimum absolute atomic E-state index is 0.0393. The molecule has 142 valence electrons. The lowest BCUT2D eigenvalue weighted by atomic mass is 10.0. The van der Waals surface area contributed by atoms with Crippen molar-refractivity contribution in [3.8, 4) is 0 Å². The molecule has 0 saturated carbocycles. The number of nitrogens with zero attached hydrogens (tertiary/aromatic N) is 2. The lowest BCUT2D eigenvalue weighted by molar-refractivity contribution is -0.568. The minimum Gasteiger partial charge on any atom is -0.388 e. The van der Waals surface area contributed by atoms with Crippen molar-refractivity contribution in [1.82, 2.24) is 0 Å². The summed E-state index contributed by atoms with van der Waals surface area (Å²) in [6, 6.07) is 28.0. The number of aliphatic hydroxyl groups is 1.